The lowest BCUT2D eigenvalue weighted by Crippen LogP contribution is -2.23. The first kappa shape index (κ1) is 13.1. The van der Waals surface area contributed by atoms with Crippen LogP contribution in [-0.2, 0) is 0 Å². The van der Waals surface area contributed by atoms with Crippen LogP contribution in [0.25, 0.3) is 0 Å². The second kappa shape index (κ2) is 5.94. The molecule has 0 aromatic carbocycles. The van der Waals surface area contributed by atoms with Crippen molar-refractivity contribution in [1.82, 2.24) is 4.37 Å². The van der Waals surface area contributed by atoms with Crippen LogP contribution in [0.5, 0.6) is 5.75 Å². The van der Waals surface area contributed by atoms with E-state index >= 15 is 0 Å². The van der Waals surface area contributed by atoms with Crippen molar-refractivity contribution in [2.24, 2.45) is 5.92 Å². The van der Waals surface area contributed by atoms with E-state index in [4.69, 9.17) is 10.5 Å². The third kappa shape index (κ3) is 3.01. The summed E-state index contributed by atoms with van der Waals surface area (Å²) >= 11 is 1.40. The molecule has 5 heteroatoms. The fraction of sp³-hybridized carbons (Fsp3) is 0.727. The number of nitrogens with two attached hydrogens (primary N) is 1. The van der Waals surface area contributed by atoms with Gasteiger partial charge in [0.05, 0.1) is 6.61 Å². The van der Waals surface area contributed by atoms with Crippen LogP contribution in [0.2, 0.25) is 0 Å². The predicted octanol–water partition coefficient (Wildman–Crippen LogP) is 2.61. The summed E-state index contributed by atoms with van der Waals surface area (Å²) in [4.78, 5) is 2.17. The van der Waals surface area contributed by atoms with Crippen LogP contribution in [0.15, 0.2) is 0 Å². The summed E-state index contributed by atoms with van der Waals surface area (Å²) in [6, 6.07) is 0. The summed E-state index contributed by atoms with van der Waals surface area (Å²) in [6.45, 7) is 8.00. The number of nitrogen functional groups attached to an aromatic ring is 1. The van der Waals surface area contributed by atoms with Crippen LogP contribution < -0.4 is 15.4 Å². The van der Waals surface area contributed by atoms with Crippen molar-refractivity contribution in [2.45, 2.75) is 27.2 Å². The first-order valence-corrected chi connectivity index (χ1v) is 6.46. The van der Waals surface area contributed by atoms with Crippen molar-refractivity contribution in [3.63, 3.8) is 0 Å². The molecule has 92 valence electrons. The Kier molecular flexibility index (Phi) is 4.86. The fourth-order valence-corrected chi connectivity index (χ4v) is 2.22. The monoisotopic (exact) mass is 243 g/mol. The molecule has 0 aliphatic carbocycles. The average molecular weight is 243 g/mol. The highest BCUT2D eigenvalue weighted by molar-refractivity contribution is 7.11. The fourth-order valence-electron chi connectivity index (χ4n) is 1.49. The van der Waals surface area contributed by atoms with Crippen molar-refractivity contribution in [3.8, 4) is 5.75 Å². The van der Waals surface area contributed by atoms with E-state index in [2.05, 4.69) is 30.2 Å². The Bertz CT molecular complexity index is 327. The maximum atomic E-state index is 5.78. The summed E-state index contributed by atoms with van der Waals surface area (Å²) in [7, 11) is 2.06. The van der Waals surface area contributed by atoms with E-state index in [0.29, 0.717) is 18.3 Å². The van der Waals surface area contributed by atoms with E-state index in [1.54, 1.807) is 0 Å². The molecule has 4 nitrogen and oxygen atoms in total. The van der Waals surface area contributed by atoms with E-state index < -0.39 is 0 Å². The molecule has 1 unspecified atom stereocenters. The van der Waals surface area contributed by atoms with Gasteiger partial charge in [-0.25, -0.2) is 0 Å². The summed E-state index contributed by atoms with van der Waals surface area (Å²) < 4.78 is 9.67. The van der Waals surface area contributed by atoms with E-state index in [1.165, 1.54) is 18.0 Å². The van der Waals surface area contributed by atoms with Gasteiger partial charge in [0, 0.05) is 13.6 Å². The Morgan fingerprint density at radius 3 is 2.75 bits per heavy atom. The number of hydrogen-bond donors (Lipinski definition) is 1. The summed E-state index contributed by atoms with van der Waals surface area (Å²) in [5.74, 6) is 1.89. The molecule has 1 heterocycles. The molecule has 1 atom stereocenters. The Labute approximate surface area is 102 Å². The lowest BCUT2D eigenvalue weighted by molar-refractivity contribution is 0.343. The zero-order chi connectivity index (χ0) is 12.1. The number of ether oxygens (including phenoxy) is 1. The summed E-state index contributed by atoms with van der Waals surface area (Å²) in [6.07, 6.45) is 1.17. The van der Waals surface area contributed by atoms with Crippen molar-refractivity contribution in [2.75, 3.05) is 30.8 Å². The Morgan fingerprint density at radius 1 is 1.50 bits per heavy atom. The van der Waals surface area contributed by atoms with Crippen LogP contribution >= 0.6 is 11.5 Å². The van der Waals surface area contributed by atoms with Crippen LogP contribution in [0.4, 0.5) is 10.8 Å². The molecular weight excluding hydrogens is 222 g/mol. The highest BCUT2D eigenvalue weighted by Crippen LogP contribution is 2.37. The average Bonchev–Trinajstić information content (AvgIpc) is 2.61. The molecule has 1 rings (SSSR count). The Hall–Kier alpha value is -0.970. The highest BCUT2D eigenvalue weighted by atomic mass is 32.1. The molecule has 0 radical (unpaired) electrons. The van der Waals surface area contributed by atoms with Gasteiger partial charge in [0.2, 0.25) is 0 Å². The Morgan fingerprint density at radius 2 is 2.19 bits per heavy atom. The molecule has 0 saturated heterocycles. The second-order valence-electron chi connectivity index (χ2n) is 4.03. The molecule has 1 aromatic heterocycles. The van der Waals surface area contributed by atoms with E-state index in [9.17, 15) is 0 Å². The minimum atomic E-state index is 0.498. The van der Waals surface area contributed by atoms with E-state index in [0.717, 1.165) is 17.3 Å². The van der Waals surface area contributed by atoms with Crippen molar-refractivity contribution < 1.29 is 4.74 Å². The zero-order valence-electron chi connectivity index (χ0n) is 10.5. The van der Waals surface area contributed by atoms with Crippen LogP contribution in [0.3, 0.4) is 0 Å². The number of aromatic nitrogens is 1. The predicted molar refractivity (Wildman–Crippen MR) is 70.4 cm³/mol. The molecule has 0 aliphatic heterocycles. The van der Waals surface area contributed by atoms with Gasteiger partial charge in [-0.05, 0) is 24.4 Å². The second-order valence-corrected chi connectivity index (χ2v) is 4.78. The van der Waals surface area contributed by atoms with Gasteiger partial charge in [-0.15, -0.1) is 0 Å². The van der Waals surface area contributed by atoms with Gasteiger partial charge in [0.25, 0.3) is 0 Å². The molecule has 0 aliphatic rings. The number of anilines is 2. The van der Waals surface area contributed by atoms with Crippen LogP contribution in [-0.4, -0.2) is 24.6 Å². The third-order valence-corrected chi connectivity index (χ3v) is 3.53. The minimum absolute atomic E-state index is 0.498. The van der Waals surface area contributed by atoms with E-state index in [-0.39, 0.29) is 0 Å². The molecule has 0 saturated carbocycles. The van der Waals surface area contributed by atoms with Gasteiger partial charge in [-0.2, -0.15) is 4.37 Å². The minimum Gasteiger partial charge on any atom is -0.487 e. The normalized spacial score (nSPS) is 12.5. The number of hydrogen-bond acceptors (Lipinski definition) is 5. The molecule has 0 fully saturated rings. The maximum Gasteiger partial charge on any atom is 0.197 e. The topological polar surface area (TPSA) is 51.4 Å². The van der Waals surface area contributed by atoms with Crippen molar-refractivity contribution >= 4 is 22.4 Å². The van der Waals surface area contributed by atoms with Crippen molar-refractivity contribution in [3.05, 3.63) is 0 Å². The molecule has 1 aromatic rings. The molecule has 0 spiro atoms. The lowest BCUT2D eigenvalue weighted by Gasteiger charge is -2.21. The third-order valence-electron chi connectivity index (χ3n) is 2.58. The molecule has 16 heavy (non-hydrogen) atoms. The van der Waals surface area contributed by atoms with Gasteiger partial charge in [0.15, 0.2) is 16.6 Å². The number of nitrogens with zero attached hydrogens (tertiary/aromatic N) is 2. The quantitative estimate of drug-likeness (QED) is 0.834. The van der Waals surface area contributed by atoms with Gasteiger partial charge in [-0.3, -0.25) is 0 Å². The van der Waals surface area contributed by atoms with E-state index in [1.807, 2.05) is 6.92 Å². The van der Waals surface area contributed by atoms with Crippen LogP contribution in [0.1, 0.15) is 27.2 Å². The Balaban J connectivity index is 2.78. The molecular formula is C11H21N3OS. The van der Waals surface area contributed by atoms with Gasteiger partial charge in [-0.1, -0.05) is 20.3 Å². The largest absolute Gasteiger partial charge is 0.487 e. The first-order valence-electron chi connectivity index (χ1n) is 5.69. The lowest BCUT2D eigenvalue weighted by atomic mass is 10.1. The highest BCUT2D eigenvalue weighted by Gasteiger charge is 2.17. The standard InChI is InChI=1S/C11H21N3OS/c1-5-8(3)7-14(4)11-9(15-6-2)10(12)13-16-11/h8H,5-7H2,1-4H3,(H2,12,13). The van der Waals surface area contributed by atoms with Gasteiger partial charge < -0.3 is 15.4 Å². The van der Waals surface area contributed by atoms with Gasteiger partial charge >= 0.3 is 0 Å². The summed E-state index contributed by atoms with van der Waals surface area (Å²) in [5.41, 5.74) is 5.78. The van der Waals surface area contributed by atoms with Crippen molar-refractivity contribution in [1.29, 1.82) is 0 Å². The zero-order valence-corrected chi connectivity index (χ0v) is 11.3. The van der Waals surface area contributed by atoms with Gasteiger partial charge in [0.1, 0.15) is 0 Å². The maximum absolute atomic E-state index is 5.78. The molecule has 0 bridgehead atoms. The SMILES string of the molecule is CCOc1c(N)nsc1N(C)CC(C)CC. The molecule has 2 N–H and O–H groups in total. The summed E-state index contributed by atoms with van der Waals surface area (Å²) in [5, 5.41) is 1.03. The first-order chi connectivity index (χ1) is 7.60. The molecule has 0 amide bonds. The van der Waals surface area contributed by atoms with Crippen LogP contribution in [0, 0.1) is 5.92 Å². The number of rotatable bonds is 6. The smallest absolute Gasteiger partial charge is 0.197 e.